The molecular formula is C18H18N2O3S2. The van der Waals surface area contributed by atoms with E-state index in [-0.39, 0.29) is 4.90 Å². The third kappa shape index (κ3) is 3.75. The van der Waals surface area contributed by atoms with Crippen molar-refractivity contribution in [2.24, 2.45) is 5.92 Å². The third-order valence-electron chi connectivity index (χ3n) is 4.30. The summed E-state index contributed by atoms with van der Waals surface area (Å²) < 4.78 is 24.6. The summed E-state index contributed by atoms with van der Waals surface area (Å²) in [7, 11) is -3.70. The lowest BCUT2D eigenvalue weighted by Crippen LogP contribution is -2.23. The van der Waals surface area contributed by atoms with E-state index in [1.165, 1.54) is 23.5 Å². The summed E-state index contributed by atoms with van der Waals surface area (Å²) in [6.45, 7) is 2.17. The number of fused-ring (bicyclic) bond motifs is 1. The zero-order valence-electron chi connectivity index (χ0n) is 13.8. The molecule has 0 saturated heterocycles. The minimum atomic E-state index is -3.70. The smallest absolute Gasteiger partial charge is 0.240 e. The van der Waals surface area contributed by atoms with Crippen molar-refractivity contribution >= 4 is 32.1 Å². The zero-order chi connectivity index (χ0) is 18.0. The fourth-order valence-electron chi connectivity index (χ4n) is 3.00. The molecule has 0 unspecified atom stereocenters. The predicted octanol–water partition coefficient (Wildman–Crippen LogP) is 3.16. The Hall–Kier alpha value is -2.17. The summed E-state index contributed by atoms with van der Waals surface area (Å²) >= 11 is 1.39. The van der Waals surface area contributed by atoms with Gasteiger partial charge in [0.1, 0.15) is 16.8 Å². The fourth-order valence-corrected chi connectivity index (χ4v) is 5.54. The van der Waals surface area contributed by atoms with Gasteiger partial charge >= 0.3 is 0 Å². The lowest BCUT2D eigenvalue weighted by atomic mass is 9.89. The first-order valence-electron chi connectivity index (χ1n) is 8.03. The molecule has 130 valence electrons. The molecule has 1 aromatic carbocycles. The Bertz CT molecular complexity index is 941. The van der Waals surface area contributed by atoms with Crippen LogP contribution in [0.3, 0.4) is 0 Å². The number of nitrogens with one attached hydrogen (secondary N) is 1. The number of sulfone groups is 1. The van der Waals surface area contributed by atoms with Crippen molar-refractivity contribution in [1.29, 1.82) is 5.26 Å². The highest BCUT2D eigenvalue weighted by atomic mass is 32.2. The monoisotopic (exact) mass is 374 g/mol. The molecule has 0 spiro atoms. The standard InChI is InChI=1S/C18H18N2O3S2/c1-12-7-8-14-15(10-19)18(24-16(14)9-12)20-17(21)11-25(22,23)13-5-3-2-4-6-13/h2-6,12H,7-9,11H2,1H3,(H,20,21)/t12-/m1/s1. The van der Waals surface area contributed by atoms with Gasteiger partial charge in [-0.2, -0.15) is 5.26 Å². The van der Waals surface area contributed by atoms with Gasteiger partial charge in [-0.05, 0) is 42.9 Å². The van der Waals surface area contributed by atoms with Crippen molar-refractivity contribution in [3.8, 4) is 6.07 Å². The molecule has 5 nitrogen and oxygen atoms in total. The molecule has 2 aromatic rings. The second-order valence-corrected chi connectivity index (χ2v) is 9.38. The van der Waals surface area contributed by atoms with Crippen LogP contribution in [-0.4, -0.2) is 20.1 Å². The maximum absolute atomic E-state index is 12.3. The Balaban J connectivity index is 1.79. The summed E-state index contributed by atoms with van der Waals surface area (Å²) in [5, 5.41) is 12.5. The van der Waals surface area contributed by atoms with Crippen LogP contribution in [0.1, 0.15) is 29.3 Å². The minimum absolute atomic E-state index is 0.116. The van der Waals surface area contributed by atoms with E-state index in [0.717, 1.165) is 29.7 Å². The number of carbonyl (C=O) groups is 1. The molecule has 1 aromatic heterocycles. The molecule has 1 atom stereocenters. The van der Waals surface area contributed by atoms with Crippen LogP contribution >= 0.6 is 11.3 Å². The molecule has 0 fully saturated rings. The molecule has 1 amide bonds. The van der Waals surface area contributed by atoms with Crippen LogP contribution in [0.25, 0.3) is 0 Å². The normalized spacial score (nSPS) is 16.7. The second-order valence-electron chi connectivity index (χ2n) is 6.29. The van der Waals surface area contributed by atoms with Crippen LogP contribution in [0.15, 0.2) is 35.2 Å². The van der Waals surface area contributed by atoms with E-state index < -0.39 is 21.5 Å². The van der Waals surface area contributed by atoms with Crippen LogP contribution in [0.4, 0.5) is 5.00 Å². The Morgan fingerprint density at radius 3 is 2.76 bits per heavy atom. The molecule has 1 aliphatic carbocycles. The van der Waals surface area contributed by atoms with E-state index in [0.29, 0.717) is 16.5 Å². The molecule has 0 bridgehead atoms. The van der Waals surface area contributed by atoms with Crippen molar-refractivity contribution in [3.63, 3.8) is 0 Å². The quantitative estimate of drug-likeness (QED) is 0.890. The number of nitrogens with zero attached hydrogens (tertiary/aromatic N) is 1. The first kappa shape index (κ1) is 17.6. The van der Waals surface area contributed by atoms with Gasteiger partial charge in [0.25, 0.3) is 0 Å². The SMILES string of the molecule is C[C@@H]1CCc2c(sc(NC(=O)CS(=O)(=O)c3ccccc3)c2C#N)C1. The van der Waals surface area contributed by atoms with E-state index in [4.69, 9.17) is 0 Å². The molecule has 0 aliphatic heterocycles. The maximum Gasteiger partial charge on any atom is 0.240 e. The van der Waals surface area contributed by atoms with Crippen LogP contribution in [0.2, 0.25) is 0 Å². The lowest BCUT2D eigenvalue weighted by molar-refractivity contribution is -0.113. The number of benzene rings is 1. The van der Waals surface area contributed by atoms with Crippen molar-refractivity contribution in [2.75, 3.05) is 11.1 Å². The van der Waals surface area contributed by atoms with Gasteiger partial charge in [-0.3, -0.25) is 4.79 Å². The summed E-state index contributed by atoms with van der Waals surface area (Å²) in [6.07, 6.45) is 2.75. The maximum atomic E-state index is 12.3. The van der Waals surface area contributed by atoms with Gasteiger partial charge in [0.15, 0.2) is 9.84 Å². The number of rotatable bonds is 4. The summed E-state index contributed by atoms with van der Waals surface area (Å²) in [4.78, 5) is 13.5. The number of amides is 1. The summed E-state index contributed by atoms with van der Waals surface area (Å²) in [6, 6.07) is 10.1. The molecule has 3 rings (SSSR count). The van der Waals surface area contributed by atoms with Crippen molar-refractivity contribution in [2.45, 2.75) is 31.1 Å². The molecule has 1 heterocycles. The molecule has 1 aliphatic rings. The number of carbonyl (C=O) groups excluding carboxylic acids is 1. The highest BCUT2D eigenvalue weighted by Gasteiger charge is 2.26. The molecular weight excluding hydrogens is 356 g/mol. The summed E-state index contributed by atoms with van der Waals surface area (Å²) in [5.41, 5.74) is 1.49. The van der Waals surface area contributed by atoms with E-state index in [1.807, 2.05) is 0 Å². The highest BCUT2D eigenvalue weighted by molar-refractivity contribution is 7.92. The van der Waals surface area contributed by atoms with E-state index in [1.54, 1.807) is 18.2 Å². The highest BCUT2D eigenvalue weighted by Crippen LogP contribution is 2.39. The molecule has 0 saturated carbocycles. The van der Waals surface area contributed by atoms with Crippen LogP contribution in [0, 0.1) is 17.2 Å². The number of hydrogen-bond acceptors (Lipinski definition) is 5. The first-order valence-corrected chi connectivity index (χ1v) is 10.5. The molecule has 1 N–H and O–H groups in total. The van der Waals surface area contributed by atoms with Gasteiger partial charge in [0.2, 0.25) is 5.91 Å². The van der Waals surface area contributed by atoms with Crippen molar-refractivity contribution in [1.82, 2.24) is 0 Å². The predicted molar refractivity (Wildman–Crippen MR) is 97.3 cm³/mol. The van der Waals surface area contributed by atoms with Crippen LogP contribution < -0.4 is 5.32 Å². The fraction of sp³-hybridized carbons (Fsp3) is 0.333. The van der Waals surface area contributed by atoms with Crippen molar-refractivity contribution in [3.05, 3.63) is 46.3 Å². The first-order chi connectivity index (χ1) is 11.9. The van der Waals surface area contributed by atoms with Crippen LogP contribution in [0.5, 0.6) is 0 Å². The summed E-state index contributed by atoms with van der Waals surface area (Å²) in [5.74, 6) is -0.701. The number of anilines is 1. The van der Waals surface area contributed by atoms with Gasteiger partial charge in [-0.1, -0.05) is 25.1 Å². The van der Waals surface area contributed by atoms with Gasteiger partial charge in [-0.25, -0.2) is 8.42 Å². The lowest BCUT2D eigenvalue weighted by Gasteiger charge is -2.17. The Labute approximate surface area is 151 Å². The van der Waals surface area contributed by atoms with Gasteiger partial charge < -0.3 is 5.32 Å². The number of hydrogen-bond donors (Lipinski definition) is 1. The van der Waals surface area contributed by atoms with Gasteiger partial charge in [0.05, 0.1) is 10.5 Å². The molecule has 25 heavy (non-hydrogen) atoms. The van der Waals surface area contributed by atoms with E-state index >= 15 is 0 Å². The molecule has 7 heteroatoms. The minimum Gasteiger partial charge on any atom is -0.316 e. The van der Waals surface area contributed by atoms with E-state index in [9.17, 15) is 18.5 Å². The van der Waals surface area contributed by atoms with Gasteiger partial charge in [0, 0.05) is 4.88 Å². The van der Waals surface area contributed by atoms with E-state index in [2.05, 4.69) is 18.3 Å². The van der Waals surface area contributed by atoms with Gasteiger partial charge in [-0.15, -0.1) is 11.3 Å². The largest absolute Gasteiger partial charge is 0.316 e. The zero-order valence-corrected chi connectivity index (χ0v) is 15.4. The second kappa shape index (κ2) is 6.98. The third-order valence-corrected chi connectivity index (χ3v) is 7.10. The Kier molecular flexibility index (Phi) is 4.93. The van der Waals surface area contributed by atoms with Crippen molar-refractivity contribution < 1.29 is 13.2 Å². The average Bonchev–Trinajstić information content (AvgIpc) is 2.90. The average molecular weight is 374 g/mol. The number of thiophene rings is 1. The Morgan fingerprint density at radius 1 is 1.36 bits per heavy atom. The van der Waals surface area contributed by atoms with Crippen LogP contribution in [-0.2, 0) is 27.5 Å². The number of nitriles is 1. The Morgan fingerprint density at radius 2 is 2.08 bits per heavy atom. The molecule has 0 radical (unpaired) electrons. The topological polar surface area (TPSA) is 87.0 Å².